The summed E-state index contributed by atoms with van der Waals surface area (Å²) in [6.45, 7) is 7.30. The first-order valence-corrected chi connectivity index (χ1v) is 7.77. The van der Waals surface area contributed by atoms with Crippen LogP contribution in [-0.4, -0.2) is 6.54 Å². The highest BCUT2D eigenvalue weighted by Crippen LogP contribution is 2.23. The van der Waals surface area contributed by atoms with E-state index in [-0.39, 0.29) is 11.3 Å². The van der Waals surface area contributed by atoms with Crippen molar-refractivity contribution in [3.05, 3.63) is 65.7 Å². The molecule has 0 saturated carbocycles. The van der Waals surface area contributed by atoms with Crippen molar-refractivity contribution in [3.8, 4) is 6.07 Å². The summed E-state index contributed by atoms with van der Waals surface area (Å²) in [6, 6.07) is 21.1. The van der Waals surface area contributed by atoms with E-state index in [9.17, 15) is 5.26 Å². The van der Waals surface area contributed by atoms with E-state index in [1.54, 1.807) is 0 Å². The maximum atomic E-state index is 9.36. The molecule has 0 aromatic heterocycles. The summed E-state index contributed by atoms with van der Waals surface area (Å²) in [5.74, 6) is -0.0271. The normalized spacial score (nSPS) is 12.5. The zero-order valence-corrected chi connectivity index (χ0v) is 13.6. The number of nitrogens with one attached hydrogen (secondary N) is 1. The molecular formula is C20H24N2. The van der Waals surface area contributed by atoms with E-state index < -0.39 is 0 Å². The van der Waals surface area contributed by atoms with Gasteiger partial charge in [0.25, 0.3) is 0 Å². The Kier molecular flexibility index (Phi) is 5.22. The summed E-state index contributed by atoms with van der Waals surface area (Å²) in [5.41, 5.74) is 3.77. The van der Waals surface area contributed by atoms with Gasteiger partial charge in [-0.1, -0.05) is 63.2 Å². The highest BCUT2D eigenvalue weighted by Gasteiger charge is 2.14. The number of hydrogen-bond donors (Lipinski definition) is 1. The third-order valence-corrected chi connectivity index (χ3v) is 3.81. The van der Waals surface area contributed by atoms with Crippen LogP contribution in [0.2, 0.25) is 0 Å². The van der Waals surface area contributed by atoms with Gasteiger partial charge in [-0.05, 0) is 35.1 Å². The largest absolute Gasteiger partial charge is 0.384 e. The van der Waals surface area contributed by atoms with Gasteiger partial charge in [0.05, 0.1) is 12.0 Å². The molecule has 2 aromatic carbocycles. The maximum absolute atomic E-state index is 9.36. The van der Waals surface area contributed by atoms with E-state index in [1.165, 1.54) is 11.1 Å². The van der Waals surface area contributed by atoms with Gasteiger partial charge < -0.3 is 5.32 Å². The molecule has 2 heteroatoms. The van der Waals surface area contributed by atoms with Crippen molar-refractivity contribution in [2.45, 2.75) is 32.6 Å². The first-order chi connectivity index (χ1) is 10.5. The molecule has 0 aliphatic rings. The molecule has 2 rings (SSSR count). The van der Waals surface area contributed by atoms with Crippen LogP contribution in [0.1, 0.15) is 31.9 Å². The Morgan fingerprint density at radius 1 is 1.00 bits per heavy atom. The highest BCUT2D eigenvalue weighted by atomic mass is 14.9. The van der Waals surface area contributed by atoms with Gasteiger partial charge in [0, 0.05) is 12.2 Å². The van der Waals surface area contributed by atoms with Crippen molar-refractivity contribution in [2.24, 2.45) is 5.92 Å². The fourth-order valence-electron chi connectivity index (χ4n) is 2.39. The Labute approximate surface area is 133 Å². The van der Waals surface area contributed by atoms with Crippen LogP contribution in [0.3, 0.4) is 0 Å². The van der Waals surface area contributed by atoms with E-state index in [0.29, 0.717) is 6.54 Å². The quantitative estimate of drug-likeness (QED) is 0.861. The molecule has 0 radical (unpaired) electrons. The van der Waals surface area contributed by atoms with E-state index in [0.717, 1.165) is 12.1 Å². The summed E-state index contributed by atoms with van der Waals surface area (Å²) in [4.78, 5) is 0. The summed E-state index contributed by atoms with van der Waals surface area (Å²) in [6.07, 6.45) is 0.779. The van der Waals surface area contributed by atoms with Gasteiger partial charge in [-0.15, -0.1) is 0 Å². The topological polar surface area (TPSA) is 35.8 Å². The molecule has 0 aliphatic carbocycles. The van der Waals surface area contributed by atoms with Gasteiger partial charge in [0.1, 0.15) is 0 Å². The van der Waals surface area contributed by atoms with Crippen LogP contribution in [0.5, 0.6) is 0 Å². The number of rotatable bonds is 5. The lowest BCUT2D eigenvalue weighted by atomic mass is 9.86. The van der Waals surface area contributed by atoms with E-state index in [4.69, 9.17) is 0 Å². The van der Waals surface area contributed by atoms with Crippen molar-refractivity contribution < 1.29 is 0 Å². The minimum absolute atomic E-state index is 0.0271. The second-order valence-electron chi connectivity index (χ2n) is 6.72. The third-order valence-electron chi connectivity index (χ3n) is 3.81. The average molecular weight is 292 g/mol. The van der Waals surface area contributed by atoms with Gasteiger partial charge in [0.15, 0.2) is 0 Å². The molecule has 0 saturated heterocycles. The van der Waals surface area contributed by atoms with Crippen LogP contribution in [0.25, 0.3) is 0 Å². The van der Waals surface area contributed by atoms with Crippen LogP contribution in [-0.2, 0) is 11.8 Å². The molecule has 0 aliphatic heterocycles. The fourth-order valence-corrected chi connectivity index (χ4v) is 2.39. The van der Waals surface area contributed by atoms with Crippen molar-refractivity contribution >= 4 is 5.69 Å². The van der Waals surface area contributed by atoms with E-state index >= 15 is 0 Å². The lowest BCUT2D eigenvalue weighted by Gasteiger charge is -2.19. The SMILES string of the molecule is CC(C)(C)c1ccc(C[C@H](C#N)CNc2ccccc2)cc1. The van der Waals surface area contributed by atoms with Crippen molar-refractivity contribution in [1.82, 2.24) is 0 Å². The first kappa shape index (κ1) is 16.1. The van der Waals surface area contributed by atoms with Gasteiger partial charge in [-0.25, -0.2) is 0 Å². The second kappa shape index (κ2) is 7.13. The molecule has 0 amide bonds. The Balaban J connectivity index is 1.94. The van der Waals surface area contributed by atoms with Crippen molar-refractivity contribution in [2.75, 3.05) is 11.9 Å². The molecule has 2 aromatic rings. The Morgan fingerprint density at radius 3 is 2.18 bits per heavy atom. The van der Waals surface area contributed by atoms with Crippen LogP contribution in [0, 0.1) is 17.2 Å². The Bertz CT molecular complexity index is 615. The lowest BCUT2D eigenvalue weighted by Crippen LogP contribution is -2.15. The molecular weight excluding hydrogens is 268 g/mol. The fraction of sp³-hybridized carbons (Fsp3) is 0.350. The molecule has 0 fully saturated rings. The summed E-state index contributed by atoms with van der Waals surface area (Å²) in [5, 5.41) is 12.7. The molecule has 114 valence electrons. The number of para-hydroxylation sites is 1. The average Bonchev–Trinajstić information content (AvgIpc) is 2.52. The second-order valence-corrected chi connectivity index (χ2v) is 6.72. The van der Waals surface area contributed by atoms with Gasteiger partial charge in [-0.2, -0.15) is 5.26 Å². The predicted octanol–water partition coefficient (Wildman–Crippen LogP) is 4.78. The predicted molar refractivity (Wildman–Crippen MR) is 92.9 cm³/mol. The number of hydrogen-bond acceptors (Lipinski definition) is 2. The Hall–Kier alpha value is -2.27. The monoisotopic (exact) mass is 292 g/mol. The number of anilines is 1. The van der Waals surface area contributed by atoms with Crippen LogP contribution in [0.4, 0.5) is 5.69 Å². The summed E-state index contributed by atoms with van der Waals surface area (Å²) < 4.78 is 0. The molecule has 0 heterocycles. The number of nitrogens with zero attached hydrogens (tertiary/aromatic N) is 1. The third kappa shape index (κ3) is 4.63. The Morgan fingerprint density at radius 2 is 1.64 bits per heavy atom. The van der Waals surface area contributed by atoms with E-state index in [1.807, 2.05) is 30.3 Å². The van der Waals surface area contributed by atoms with E-state index in [2.05, 4.69) is 56.4 Å². The zero-order valence-electron chi connectivity index (χ0n) is 13.6. The van der Waals surface area contributed by atoms with Gasteiger partial charge >= 0.3 is 0 Å². The lowest BCUT2D eigenvalue weighted by molar-refractivity contribution is 0.589. The van der Waals surface area contributed by atoms with Crippen molar-refractivity contribution in [1.29, 1.82) is 5.26 Å². The van der Waals surface area contributed by atoms with Crippen LogP contribution < -0.4 is 5.32 Å². The smallest absolute Gasteiger partial charge is 0.0677 e. The standard InChI is InChI=1S/C20H24N2/c1-20(2,3)18-11-9-16(10-12-18)13-17(14-21)15-22-19-7-5-4-6-8-19/h4-12,17,22H,13,15H2,1-3H3/t17-/m1/s1. The molecule has 0 spiro atoms. The molecule has 1 atom stereocenters. The van der Waals surface area contributed by atoms with Gasteiger partial charge in [0.2, 0.25) is 0 Å². The summed E-state index contributed by atoms with van der Waals surface area (Å²) >= 11 is 0. The minimum atomic E-state index is -0.0271. The number of benzene rings is 2. The van der Waals surface area contributed by atoms with Crippen LogP contribution in [0.15, 0.2) is 54.6 Å². The molecule has 0 unspecified atom stereocenters. The maximum Gasteiger partial charge on any atom is 0.0677 e. The zero-order chi connectivity index (χ0) is 16.0. The molecule has 0 bridgehead atoms. The summed E-state index contributed by atoms with van der Waals surface area (Å²) in [7, 11) is 0. The number of nitriles is 1. The highest BCUT2D eigenvalue weighted by molar-refractivity contribution is 5.42. The van der Waals surface area contributed by atoms with Crippen LogP contribution >= 0.6 is 0 Å². The minimum Gasteiger partial charge on any atom is -0.384 e. The molecule has 1 N–H and O–H groups in total. The molecule has 22 heavy (non-hydrogen) atoms. The van der Waals surface area contributed by atoms with Gasteiger partial charge in [-0.3, -0.25) is 0 Å². The van der Waals surface area contributed by atoms with Crippen molar-refractivity contribution in [3.63, 3.8) is 0 Å². The first-order valence-electron chi connectivity index (χ1n) is 7.77. The molecule has 2 nitrogen and oxygen atoms in total.